The van der Waals surface area contributed by atoms with Gasteiger partial charge in [0.05, 0.1) is 0 Å². The minimum absolute atomic E-state index is 0.203. The molecule has 0 bridgehead atoms. The topological polar surface area (TPSA) is 87.7 Å². The molecule has 118 valence electrons. The van der Waals surface area contributed by atoms with Crippen molar-refractivity contribution in [3.8, 4) is 0 Å². The number of nitrogens with one attached hydrogen (secondary N) is 2. The van der Waals surface area contributed by atoms with Crippen LogP contribution in [0.2, 0.25) is 0 Å². The molecule has 1 amide bonds. The SMILES string of the molecule is CC(C)Cc1nnc(NC(=O)c2cc3ccccc3c(=O)[nH]2)s1. The van der Waals surface area contributed by atoms with E-state index in [1.165, 1.54) is 11.3 Å². The van der Waals surface area contributed by atoms with Crippen LogP contribution in [0, 0.1) is 5.92 Å². The van der Waals surface area contributed by atoms with E-state index in [4.69, 9.17) is 0 Å². The maximum Gasteiger partial charge on any atom is 0.274 e. The number of benzene rings is 1. The van der Waals surface area contributed by atoms with Gasteiger partial charge in [0, 0.05) is 11.8 Å². The lowest BCUT2D eigenvalue weighted by molar-refractivity contribution is 0.102. The largest absolute Gasteiger partial charge is 0.317 e. The first-order valence-electron chi connectivity index (χ1n) is 7.28. The average molecular weight is 328 g/mol. The Balaban J connectivity index is 1.83. The van der Waals surface area contributed by atoms with Gasteiger partial charge in [0.1, 0.15) is 10.7 Å². The van der Waals surface area contributed by atoms with Crippen LogP contribution >= 0.6 is 11.3 Å². The molecule has 0 saturated carbocycles. The third kappa shape index (κ3) is 3.45. The number of hydrogen-bond acceptors (Lipinski definition) is 5. The average Bonchev–Trinajstić information content (AvgIpc) is 2.93. The Kier molecular flexibility index (Phi) is 4.20. The van der Waals surface area contributed by atoms with Crippen molar-refractivity contribution in [3.05, 3.63) is 51.4 Å². The predicted octanol–water partition coefficient (Wildman–Crippen LogP) is 2.83. The molecule has 0 radical (unpaired) electrons. The quantitative estimate of drug-likeness (QED) is 0.771. The summed E-state index contributed by atoms with van der Waals surface area (Å²) in [6, 6.07) is 8.79. The monoisotopic (exact) mass is 328 g/mol. The molecule has 3 aromatic rings. The molecule has 0 aliphatic carbocycles. The zero-order chi connectivity index (χ0) is 16.4. The fraction of sp³-hybridized carbons (Fsp3) is 0.250. The molecule has 6 nitrogen and oxygen atoms in total. The second-order valence-corrected chi connectivity index (χ2v) is 6.71. The number of carbonyl (C=O) groups excluding carboxylic acids is 1. The van der Waals surface area contributed by atoms with Gasteiger partial charge in [0.15, 0.2) is 0 Å². The van der Waals surface area contributed by atoms with Gasteiger partial charge in [-0.3, -0.25) is 14.9 Å². The first-order valence-corrected chi connectivity index (χ1v) is 8.10. The molecule has 1 aromatic carbocycles. The van der Waals surface area contributed by atoms with Gasteiger partial charge in [-0.05, 0) is 23.4 Å². The highest BCUT2D eigenvalue weighted by Gasteiger charge is 2.13. The minimum atomic E-state index is -0.403. The molecule has 7 heteroatoms. The van der Waals surface area contributed by atoms with Gasteiger partial charge < -0.3 is 4.98 Å². The van der Waals surface area contributed by atoms with Crippen LogP contribution in [0.1, 0.15) is 29.3 Å². The van der Waals surface area contributed by atoms with Crippen LogP contribution < -0.4 is 10.9 Å². The molecule has 3 rings (SSSR count). The van der Waals surface area contributed by atoms with Crippen molar-refractivity contribution in [2.45, 2.75) is 20.3 Å². The Morgan fingerprint density at radius 3 is 2.87 bits per heavy atom. The number of anilines is 1. The molecular formula is C16H16N4O2S. The van der Waals surface area contributed by atoms with Crippen molar-refractivity contribution in [2.24, 2.45) is 5.92 Å². The van der Waals surface area contributed by atoms with Crippen molar-refractivity contribution in [3.63, 3.8) is 0 Å². The van der Waals surface area contributed by atoms with Crippen LogP contribution in [0.25, 0.3) is 10.8 Å². The number of amides is 1. The summed E-state index contributed by atoms with van der Waals surface area (Å²) in [6.45, 7) is 4.19. The molecule has 23 heavy (non-hydrogen) atoms. The zero-order valence-electron chi connectivity index (χ0n) is 12.8. The molecule has 0 spiro atoms. The molecule has 0 fully saturated rings. The van der Waals surface area contributed by atoms with Gasteiger partial charge in [0.25, 0.3) is 11.5 Å². The van der Waals surface area contributed by atoms with E-state index in [9.17, 15) is 9.59 Å². The summed E-state index contributed by atoms with van der Waals surface area (Å²) >= 11 is 1.35. The van der Waals surface area contributed by atoms with Crippen LogP contribution in [0.3, 0.4) is 0 Å². The fourth-order valence-corrected chi connectivity index (χ4v) is 3.18. The first-order chi connectivity index (χ1) is 11.0. The summed E-state index contributed by atoms with van der Waals surface area (Å²) in [7, 11) is 0. The van der Waals surface area contributed by atoms with E-state index in [2.05, 4.69) is 34.3 Å². The van der Waals surface area contributed by atoms with Gasteiger partial charge >= 0.3 is 0 Å². The third-order valence-electron chi connectivity index (χ3n) is 3.27. The standard InChI is InChI=1S/C16H16N4O2S/c1-9(2)7-13-19-20-16(23-13)18-15(22)12-8-10-5-3-4-6-11(10)14(21)17-12/h3-6,8-9H,7H2,1-2H3,(H,17,21)(H,18,20,22). The normalized spacial score (nSPS) is 11.1. The smallest absolute Gasteiger partial charge is 0.274 e. The van der Waals surface area contributed by atoms with E-state index < -0.39 is 5.91 Å². The van der Waals surface area contributed by atoms with Crippen LogP contribution in [0.4, 0.5) is 5.13 Å². The Labute approximate surface area is 136 Å². The number of fused-ring (bicyclic) bond motifs is 1. The summed E-state index contributed by atoms with van der Waals surface area (Å²) in [5, 5.41) is 13.3. The second kappa shape index (κ2) is 6.29. The van der Waals surface area contributed by atoms with Crippen LogP contribution in [-0.2, 0) is 6.42 Å². The number of pyridine rings is 1. The maximum absolute atomic E-state index is 12.3. The predicted molar refractivity (Wildman–Crippen MR) is 91.0 cm³/mol. The van der Waals surface area contributed by atoms with Gasteiger partial charge in [0.2, 0.25) is 5.13 Å². The number of aromatic nitrogens is 3. The highest BCUT2D eigenvalue weighted by atomic mass is 32.1. The van der Waals surface area contributed by atoms with E-state index >= 15 is 0 Å². The van der Waals surface area contributed by atoms with Gasteiger partial charge in [-0.1, -0.05) is 43.4 Å². The highest BCUT2D eigenvalue weighted by molar-refractivity contribution is 7.15. The molecule has 2 heterocycles. The minimum Gasteiger partial charge on any atom is -0.317 e. The van der Waals surface area contributed by atoms with E-state index in [0.29, 0.717) is 16.4 Å². The van der Waals surface area contributed by atoms with Crippen molar-refractivity contribution >= 4 is 33.1 Å². The number of hydrogen-bond donors (Lipinski definition) is 2. The Morgan fingerprint density at radius 1 is 1.30 bits per heavy atom. The summed E-state index contributed by atoms with van der Waals surface area (Å²) in [4.78, 5) is 26.9. The molecule has 0 unspecified atom stereocenters. The second-order valence-electron chi connectivity index (χ2n) is 5.65. The van der Waals surface area contributed by atoms with Gasteiger partial charge in [-0.15, -0.1) is 10.2 Å². The number of aromatic amines is 1. The Morgan fingerprint density at radius 2 is 2.09 bits per heavy atom. The van der Waals surface area contributed by atoms with Gasteiger partial charge in [-0.2, -0.15) is 0 Å². The van der Waals surface area contributed by atoms with Crippen molar-refractivity contribution < 1.29 is 4.79 Å². The molecule has 2 aromatic heterocycles. The number of carbonyl (C=O) groups is 1. The summed E-state index contributed by atoms with van der Waals surface area (Å²) in [5.74, 6) is 0.0726. The van der Waals surface area contributed by atoms with E-state index in [1.807, 2.05) is 6.07 Å². The summed E-state index contributed by atoms with van der Waals surface area (Å²) in [5.41, 5.74) is -0.0830. The maximum atomic E-state index is 12.3. The van der Waals surface area contributed by atoms with E-state index in [-0.39, 0.29) is 11.3 Å². The van der Waals surface area contributed by atoms with Gasteiger partial charge in [-0.25, -0.2) is 0 Å². The first kappa shape index (κ1) is 15.4. The van der Waals surface area contributed by atoms with Crippen LogP contribution in [-0.4, -0.2) is 21.1 Å². The van der Waals surface area contributed by atoms with Crippen molar-refractivity contribution in [1.82, 2.24) is 15.2 Å². The van der Waals surface area contributed by atoms with Crippen molar-refractivity contribution in [2.75, 3.05) is 5.32 Å². The van der Waals surface area contributed by atoms with E-state index in [1.54, 1.807) is 24.3 Å². The number of rotatable bonds is 4. The summed E-state index contributed by atoms with van der Waals surface area (Å²) < 4.78 is 0. The highest BCUT2D eigenvalue weighted by Crippen LogP contribution is 2.19. The van der Waals surface area contributed by atoms with Crippen molar-refractivity contribution in [1.29, 1.82) is 0 Å². The lowest BCUT2D eigenvalue weighted by atomic mass is 10.1. The van der Waals surface area contributed by atoms with E-state index in [0.717, 1.165) is 16.8 Å². The number of nitrogens with zero attached hydrogens (tertiary/aromatic N) is 2. The lowest BCUT2D eigenvalue weighted by Gasteiger charge is -2.03. The molecular weight excluding hydrogens is 312 g/mol. The molecule has 0 aliphatic rings. The Bertz CT molecular complexity index is 914. The van der Waals surface area contributed by atoms with Crippen LogP contribution in [0.15, 0.2) is 35.1 Å². The fourth-order valence-electron chi connectivity index (χ4n) is 2.23. The molecule has 0 aliphatic heterocycles. The zero-order valence-corrected chi connectivity index (χ0v) is 13.6. The third-order valence-corrected chi connectivity index (χ3v) is 4.13. The van der Waals surface area contributed by atoms with Crippen LogP contribution in [0.5, 0.6) is 0 Å². The lowest BCUT2D eigenvalue weighted by Crippen LogP contribution is -2.18. The summed E-state index contributed by atoms with van der Waals surface area (Å²) in [6.07, 6.45) is 0.820. The molecule has 0 saturated heterocycles. The molecule has 2 N–H and O–H groups in total. The number of H-pyrrole nitrogens is 1. The Hall–Kier alpha value is -2.54. The molecule has 0 atom stereocenters.